The topological polar surface area (TPSA) is 43.1 Å². The van der Waals surface area contributed by atoms with Crippen molar-refractivity contribution < 1.29 is 18.1 Å². The maximum atomic E-state index is 12.5. The number of hydrogen-bond acceptors (Lipinski definition) is 2. The second-order valence-corrected chi connectivity index (χ2v) is 4.86. The Morgan fingerprint density at radius 1 is 1.11 bits per heavy atom. The van der Waals surface area contributed by atoms with Gasteiger partial charge < -0.3 is 0 Å². The summed E-state index contributed by atoms with van der Waals surface area (Å²) in [6, 6.07) is 4.07. The number of alkyl halides is 3. The number of benzene rings is 1. The van der Waals surface area contributed by atoms with E-state index in [4.69, 9.17) is 0 Å². The van der Waals surface area contributed by atoms with Crippen LogP contribution >= 0.6 is 0 Å². The Morgan fingerprint density at radius 2 is 1.68 bits per heavy atom. The largest absolute Gasteiger partial charge is 0.416 e. The second kappa shape index (κ2) is 5.19. The maximum absolute atomic E-state index is 12.5. The van der Waals surface area contributed by atoms with E-state index in [1.54, 1.807) is 0 Å². The lowest BCUT2D eigenvalue weighted by molar-refractivity contribution is -0.530. The first-order valence-corrected chi connectivity index (χ1v) is 6.20. The minimum atomic E-state index is -4.37. The molecule has 0 unspecified atom stereocenters. The van der Waals surface area contributed by atoms with E-state index in [1.165, 1.54) is 12.1 Å². The van der Waals surface area contributed by atoms with Crippen LogP contribution in [0.5, 0.6) is 0 Å². The van der Waals surface area contributed by atoms with Crippen molar-refractivity contribution in [3.8, 4) is 0 Å². The van der Waals surface area contributed by atoms with E-state index < -0.39 is 17.8 Å². The first-order valence-electron chi connectivity index (χ1n) is 6.20. The molecule has 0 N–H and O–H groups in total. The summed E-state index contributed by atoms with van der Waals surface area (Å²) >= 11 is 0. The molecule has 1 aromatic rings. The van der Waals surface area contributed by atoms with Crippen LogP contribution in [0.4, 0.5) is 13.2 Å². The average molecular weight is 273 g/mol. The monoisotopic (exact) mass is 273 g/mol. The van der Waals surface area contributed by atoms with E-state index in [2.05, 4.69) is 0 Å². The average Bonchev–Trinajstić information content (AvgIpc) is 2.38. The number of nitro groups is 1. The molecule has 0 aromatic heterocycles. The summed E-state index contributed by atoms with van der Waals surface area (Å²) in [4.78, 5) is 10.7. The molecule has 2 atom stereocenters. The highest BCUT2D eigenvalue weighted by atomic mass is 19.4. The first-order chi connectivity index (χ1) is 8.89. The van der Waals surface area contributed by atoms with E-state index in [1.807, 2.05) is 0 Å². The zero-order valence-electron chi connectivity index (χ0n) is 10.2. The molecule has 1 aromatic carbocycles. The van der Waals surface area contributed by atoms with Crippen molar-refractivity contribution in [3.05, 3.63) is 45.5 Å². The van der Waals surface area contributed by atoms with E-state index in [0.717, 1.165) is 25.0 Å². The molecule has 0 heterocycles. The Bertz CT molecular complexity index is 456. The molecule has 6 heteroatoms. The fourth-order valence-corrected chi connectivity index (χ4v) is 2.67. The van der Waals surface area contributed by atoms with Crippen molar-refractivity contribution in [1.29, 1.82) is 0 Å². The van der Waals surface area contributed by atoms with Gasteiger partial charge in [-0.1, -0.05) is 18.6 Å². The maximum Gasteiger partial charge on any atom is 0.416 e. The summed E-state index contributed by atoms with van der Waals surface area (Å²) in [6.45, 7) is 0. The van der Waals surface area contributed by atoms with Crippen LogP contribution in [0, 0.1) is 10.1 Å². The van der Waals surface area contributed by atoms with Crippen molar-refractivity contribution in [3.63, 3.8) is 0 Å². The molecule has 0 aliphatic heterocycles. The Balaban J connectivity index is 2.23. The van der Waals surface area contributed by atoms with Gasteiger partial charge in [-0.2, -0.15) is 13.2 Å². The molecule has 0 amide bonds. The Hall–Kier alpha value is -1.59. The van der Waals surface area contributed by atoms with Gasteiger partial charge in [0.15, 0.2) is 0 Å². The van der Waals surface area contributed by atoms with Crippen LogP contribution in [0.1, 0.15) is 42.7 Å². The molecular weight excluding hydrogens is 259 g/mol. The highest BCUT2D eigenvalue weighted by molar-refractivity contribution is 5.28. The van der Waals surface area contributed by atoms with Crippen molar-refractivity contribution in [2.45, 2.75) is 43.8 Å². The molecule has 0 spiro atoms. The van der Waals surface area contributed by atoms with Crippen molar-refractivity contribution in [2.75, 3.05) is 0 Å². The molecular formula is C13H14F3NO2. The standard InChI is InChI=1S/C13H14F3NO2/c14-13(15,16)10-7-5-9(6-8-10)11-3-1-2-4-12(11)17(18)19/h5-8,11-12H,1-4H2/t11-,12+/m0/s1. The summed E-state index contributed by atoms with van der Waals surface area (Å²) in [5.41, 5.74) is -0.0842. The highest BCUT2D eigenvalue weighted by Crippen LogP contribution is 2.36. The lowest BCUT2D eigenvalue weighted by atomic mass is 9.80. The smallest absolute Gasteiger partial charge is 0.264 e. The molecule has 3 nitrogen and oxygen atoms in total. The molecule has 1 saturated carbocycles. The summed E-state index contributed by atoms with van der Waals surface area (Å²) in [5, 5.41) is 11.0. The number of rotatable bonds is 2. The molecule has 1 fully saturated rings. The lowest BCUT2D eigenvalue weighted by Crippen LogP contribution is -2.30. The van der Waals surface area contributed by atoms with Crippen molar-refractivity contribution in [2.24, 2.45) is 0 Å². The van der Waals surface area contributed by atoms with Crippen LogP contribution in [0.15, 0.2) is 24.3 Å². The Morgan fingerprint density at radius 3 is 2.21 bits per heavy atom. The number of nitrogens with zero attached hydrogens (tertiary/aromatic N) is 1. The van der Waals surface area contributed by atoms with Crippen LogP contribution < -0.4 is 0 Å². The third-order valence-corrected chi connectivity index (χ3v) is 3.67. The minimum absolute atomic E-state index is 0.272. The minimum Gasteiger partial charge on any atom is -0.264 e. The van der Waals surface area contributed by atoms with E-state index >= 15 is 0 Å². The molecule has 19 heavy (non-hydrogen) atoms. The van der Waals surface area contributed by atoms with E-state index in [-0.39, 0.29) is 10.8 Å². The second-order valence-electron chi connectivity index (χ2n) is 4.86. The Kier molecular flexibility index (Phi) is 3.78. The highest BCUT2D eigenvalue weighted by Gasteiger charge is 2.36. The molecule has 0 saturated heterocycles. The van der Waals surface area contributed by atoms with Gasteiger partial charge in [0.05, 0.1) is 11.5 Å². The number of hydrogen-bond donors (Lipinski definition) is 0. The zero-order chi connectivity index (χ0) is 14.0. The quantitative estimate of drug-likeness (QED) is 0.603. The third-order valence-electron chi connectivity index (χ3n) is 3.67. The molecule has 2 rings (SSSR count). The summed E-state index contributed by atoms with van der Waals surface area (Å²) in [6.07, 6.45) is -1.51. The fraction of sp³-hybridized carbons (Fsp3) is 0.538. The van der Waals surface area contributed by atoms with E-state index in [0.29, 0.717) is 18.4 Å². The van der Waals surface area contributed by atoms with Gasteiger partial charge in [-0.15, -0.1) is 0 Å². The van der Waals surface area contributed by atoms with Gasteiger partial charge in [0.1, 0.15) is 0 Å². The summed E-state index contributed by atoms with van der Waals surface area (Å²) < 4.78 is 37.4. The molecule has 0 bridgehead atoms. The first kappa shape index (κ1) is 13.8. The van der Waals surface area contributed by atoms with Crippen LogP contribution in [0.2, 0.25) is 0 Å². The van der Waals surface area contributed by atoms with Gasteiger partial charge in [-0.05, 0) is 30.5 Å². The summed E-state index contributed by atoms with van der Waals surface area (Å²) in [7, 11) is 0. The molecule has 0 radical (unpaired) electrons. The van der Waals surface area contributed by atoms with Crippen LogP contribution in [-0.2, 0) is 6.18 Å². The van der Waals surface area contributed by atoms with Gasteiger partial charge in [-0.3, -0.25) is 10.1 Å². The zero-order valence-corrected chi connectivity index (χ0v) is 10.2. The van der Waals surface area contributed by atoms with Gasteiger partial charge in [0.25, 0.3) is 0 Å². The SMILES string of the molecule is O=[N+]([O-])[C@@H]1CCCC[C@H]1c1ccc(C(F)(F)F)cc1. The normalized spacial score (nSPS) is 24.2. The molecule has 1 aliphatic carbocycles. The number of halogens is 3. The molecule has 1 aliphatic rings. The Labute approximate surface area is 108 Å². The van der Waals surface area contributed by atoms with Gasteiger partial charge in [-0.25, -0.2) is 0 Å². The fourth-order valence-electron chi connectivity index (χ4n) is 2.67. The van der Waals surface area contributed by atoms with Crippen molar-refractivity contribution >= 4 is 0 Å². The molecule has 104 valence electrons. The van der Waals surface area contributed by atoms with Crippen LogP contribution in [0.3, 0.4) is 0 Å². The lowest BCUT2D eigenvalue weighted by Gasteiger charge is -2.25. The van der Waals surface area contributed by atoms with Gasteiger partial charge in [0, 0.05) is 11.3 Å². The third kappa shape index (κ3) is 3.05. The van der Waals surface area contributed by atoms with Gasteiger partial charge >= 0.3 is 6.18 Å². The van der Waals surface area contributed by atoms with Crippen LogP contribution in [0.25, 0.3) is 0 Å². The van der Waals surface area contributed by atoms with Gasteiger partial charge in [0.2, 0.25) is 6.04 Å². The predicted molar refractivity (Wildman–Crippen MR) is 63.4 cm³/mol. The van der Waals surface area contributed by atoms with E-state index in [9.17, 15) is 23.3 Å². The summed E-state index contributed by atoms with van der Waals surface area (Å²) in [5.74, 6) is -0.272. The predicted octanol–water partition coefficient (Wildman–Crippen LogP) is 4.01. The van der Waals surface area contributed by atoms with Crippen molar-refractivity contribution in [1.82, 2.24) is 0 Å². The van der Waals surface area contributed by atoms with Crippen LogP contribution in [-0.4, -0.2) is 11.0 Å².